The molecule has 0 heterocycles. The minimum absolute atomic E-state index is 0.0325. The van der Waals surface area contributed by atoms with E-state index < -0.39 is 11.7 Å². The van der Waals surface area contributed by atoms with Crippen molar-refractivity contribution < 1.29 is 13.9 Å². The summed E-state index contributed by atoms with van der Waals surface area (Å²) in [7, 11) is 1.46. The van der Waals surface area contributed by atoms with Crippen molar-refractivity contribution in [1.29, 1.82) is 0 Å². The number of benzene rings is 1. The molecule has 1 aliphatic carbocycles. The summed E-state index contributed by atoms with van der Waals surface area (Å²) in [5.41, 5.74) is 5.82. The minimum atomic E-state index is -0.578. The second-order valence-corrected chi connectivity index (χ2v) is 5.56. The number of hydrogen-bond acceptors (Lipinski definition) is 3. The highest BCUT2D eigenvalue weighted by atomic mass is 19.1. The van der Waals surface area contributed by atoms with Crippen LogP contribution in [-0.2, 0) is 0 Å². The first-order valence-corrected chi connectivity index (χ1v) is 7.50. The van der Waals surface area contributed by atoms with Crippen LogP contribution in [0.1, 0.15) is 42.5 Å². The molecule has 0 spiro atoms. The molecule has 1 unspecified atom stereocenters. The number of nitrogens with one attached hydrogen (secondary N) is 1. The Kier molecular flexibility index (Phi) is 5.56. The van der Waals surface area contributed by atoms with Crippen molar-refractivity contribution in [2.45, 2.75) is 38.1 Å². The highest BCUT2D eigenvalue weighted by Gasteiger charge is 2.25. The third kappa shape index (κ3) is 3.94. The Balaban J connectivity index is 2.05. The minimum Gasteiger partial charge on any atom is -0.497 e. The number of carbonyl (C=O) groups excluding carboxylic acids is 1. The van der Waals surface area contributed by atoms with Gasteiger partial charge in [-0.2, -0.15) is 0 Å². The number of nitrogens with two attached hydrogens (primary N) is 1. The van der Waals surface area contributed by atoms with E-state index in [1.54, 1.807) is 6.07 Å². The largest absolute Gasteiger partial charge is 0.497 e. The molecule has 1 aromatic carbocycles. The zero-order valence-electron chi connectivity index (χ0n) is 12.4. The van der Waals surface area contributed by atoms with Gasteiger partial charge in [-0.25, -0.2) is 4.39 Å². The zero-order valence-corrected chi connectivity index (χ0v) is 12.4. The summed E-state index contributed by atoms with van der Waals surface area (Å²) >= 11 is 0. The smallest absolute Gasteiger partial charge is 0.254 e. The van der Waals surface area contributed by atoms with E-state index in [9.17, 15) is 9.18 Å². The van der Waals surface area contributed by atoms with Crippen molar-refractivity contribution in [3.8, 4) is 5.75 Å². The number of amides is 1. The molecule has 21 heavy (non-hydrogen) atoms. The van der Waals surface area contributed by atoms with Crippen molar-refractivity contribution in [2.75, 3.05) is 13.7 Å². The lowest BCUT2D eigenvalue weighted by atomic mass is 9.84. The summed E-state index contributed by atoms with van der Waals surface area (Å²) in [6.45, 7) is 0.383. The van der Waals surface area contributed by atoms with Crippen molar-refractivity contribution in [1.82, 2.24) is 5.32 Å². The molecule has 3 N–H and O–H groups in total. The molecule has 5 heteroatoms. The average Bonchev–Trinajstić information content (AvgIpc) is 2.53. The molecule has 2 rings (SSSR count). The van der Waals surface area contributed by atoms with E-state index in [-0.39, 0.29) is 11.6 Å². The Hall–Kier alpha value is -1.62. The van der Waals surface area contributed by atoms with Gasteiger partial charge in [0.15, 0.2) is 0 Å². The van der Waals surface area contributed by atoms with E-state index in [0.29, 0.717) is 18.2 Å². The van der Waals surface area contributed by atoms with Gasteiger partial charge in [0.2, 0.25) is 0 Å². The van der Waals surface area contributed by atoms with Gasteiger partial charge in [0.1, 0.15) is 11.6 Å². The lowest BCUT2D eigenvalue weighted by Crippen LogP contribution is -2.46. The van der Waals surface area contributed by atoms with E-state index in [1.165, 1.54) is 38.5 Å². The molecule has 1 fully saturated rings. The summed E-state index contributed by atoms with van der Waals surface area (Å²) in [4.78, 5) is 12.2. The van der Waals surface area contributed by atoms with Gasteiger partial charge in [-0.3, -0.25) is 4.79 Å². The molecule has 0 aromatic heterocycles. The van der Waals surface area contributed by atoms with E-state index >= 15 is 0 Å². The fourth-order valence-electron chi connectivity index (χ4n) is 2.96. The van der Waals surface area contributed by atoms with E-state index in [1.807, 2.05) is 0 Å². The molecule has 1 atom stereocenters. The maximum Gasteiger partial charge on any atom is 0.254 e. The fraction of sp³-hybridized carbons (Fsp3) is 0.562. The van der Waals surface area contributed by atoms with Gasteiger partial charge in [0, 0.05) is 18.7 Å². The molecule has 1 amide bonds. The zero-order chi connectivity index (χ0) is 15.2. The van der Waals surface area contributed by atoms with Crippen LogP contribution in [0.25, 0.3) is 0 Å². The standard InChI is InChI=1S/C16H23FN2O2/c1-21-12-7-8-13(14(17)9-12)16(20)19-15(10-18)11-5-3-2-4-6-11/h7-9,11,15H,2-6,10,18H2,1H3,(H,19,20). The van der Waals surface area contributed by atoms with Crippen molar-refractivity contribution in [3.05, 3.63) is 29.6 Å². The average molecular weight is 294 g/mol. The fourth-order valence-corrected chi connectivity index (χ4v) is 2.96. The summed E-state index contributed by atoms with van der Waals surface area (Å²) in [5, 5.41) is 2.89. The van der Waals surface area contributed by atoms with Crippen molar-refractivity contribution in [3.63, 3.8) is 0 Å². The predicted octanol–water partition coefficient (Wildman–Crippen LogP) is 2.47. The second-order valence-electron chi connectivity index (χ2n) is 5.56. The molecule has 4 nitrogen and oxygen atoms in total. The van der Waals surface area contributed by atoms with Crippen LogP contribution in [0.15, 0.2) is 18.2 Å². The number of carbonyl (C=O) groups is 1. The number of hydrogen-bond donors (Lipinski definition) is 2. The van der Waals surface area contributed by atoms with Gasteiger partial charge in [0.25, 0.3) is 5.91 Å². The third-order valence-corrected chi connectivity index (χ3v) is 4.21. The van der Waals surface area contributed by atoms with Crippen LogP contribution in [0.3, 0.4) is 0 Å². The molecule has 0 radical (unpaired) electrons. The van der Waals surface area contributed by atoms with Crippen molar-refractivity contribution in [2.24, 2.45) is 11.7 Å². The maximum absolute atomic E-state index is 13.9. The molecular formula is C16H23FN2O2. The lowest BCUT2D eigenvalue weighted by Gasteiger charge is -2.30. The molecular weight excluding hydrogens is 271 g/mol. The predicted molar refractivity (Wildman–Crippen MR) is 79.8 cm³/mol. The monoisotopic (exact) mass is 294 g/mol. The van der Waals surface area contributed by atoms with E-state index in [4.69, 9.17) is 10.5 Å². The van der Waals surface area contributed by atoms with Gasteiger partial charge < -0.3 is 15.8 Å². The molecule has 116 valence electrons. The van der Waals surface area contributed by atoms with Crippen LogP contribution < -0.4 is 15.8 Å². The highest BCUT2D eigenvalue weighted by molar-refractivity contribution is 5.94. The Morgan fingerprint density at radius 1 is 1.43 bits per heavy atom. The molecule has 1 saturated carbocycles. The van der Waals surface area contributed by atoms with Gasteiger partial charge in [-0.05, 0) is 30.9 Å². The Labute approximate surface area is 124 Å². The van der Waals surface area contributed by atoms with Crippen molar-refractivity contribution >= 4 is 5.91 Å². The van der Waals surface area contributed by atoms with Gasteiger partial charge in [-0.1, -0.05) is 19.3 Å². The normalized spacial score (nSPS) is 17.3. The van der Waals surface area contributed by atoms with Crippen LogP contribution in [0.2, 0.25) is 0 Å². The number of rotatable bonds is 5. The number of methoxy groups -OCH3 is 1. The topological polar surface area (TPSA) is 64.3 Å². The van der Waals surface area contributed by atoms with E-state index in [0.717, 1.165) is 12.8 Å². The third-order valence-electron chi connectivity index (χ3n) is 4.21. The summed E-state index contributed by atoms with van der Waals surface area (Å²) in [5.74, 6) is -0.192. The first-order valence-electron chi connectivity index (χ1n) is 7.50. The quantitative estimate of drug-likeness (QED) is 0.877. The Morgan fingerprint density at radius 3 is 2.71 bits per heavy atom. The van der Waals surface area contributed by atoms with Crippen LogP contribution >= 0.6 is 0 Å². The molecule has 0 bridgehead atoms. The van der Waals surface area contributed by atoms with Crippen LogP contribution in [0, 0.1) is 11.7 Å². The molecule has 1 aliphatic rings. The number of halogens is 1. The van der Waals surface area contributed by atoms with Gasteiger partial charge in [-0.15, -0.1) is 0 Å². The first kappa shape index (κ1) is 15.8. The van der Waals surface area contributed by atoms with Crippen LogP contribution in [0.5, 0.6) is 5.75 Å². The summed E-state index contributed by atoms with van der Waals surface area (Å²) in [6.07, 6.45) is 5.75. The van der Waals surface area contributed by atoms with E-state index in [2.05, 4.69) is 5.32 Å². The SMILES string of the molecule is COc1ccc(C(=O)NC(CN)C2CCCCC2)c(F)c1. The first-order chi connectivity index (χ1) is 10.2. The molecule has 0 aliphatic heterocycles. The Bertz CT molecular complexity index is 487. The van der Waals surface area contributed by atoms with Gasteiger partial charge in [0.05, 0.1) is 12.7 Å². The molecule has 1 aromatic rings. The van der Waals surface area contributed by atoms with Gasteiger partial charge >= 0.3 is 0 Å². The lowest BCUT2D eigenvalue weighted by molar-refractivity contribution is 0.0911. The Morgan fingerprint density at radius 2 is 2.14 bits per heavy atom. The second kappa shape index (κ2) is 7.41. The maximum atomic E-state index is 13.9. The van der Waals surface area contributed by atoms with Crippen LogP contribution in [0.4, 0.5) is 4.39 Å². The molecule has 0 saturated heterocycles. The summed E-state index contributed by atoms with van der Waals surface area (Å²) < 4.78 is 18.8. The summed E-state index contributed by atoms with van der Waals surface area (Å²) in [6, 6.07) is 4.15. The number of ether oxygens (including phenoxy) is 1. The van der Waals surface area contributed by atoms with Crippen LogP contribution in [-0.4, -0.2) is 25.6 Å². The highest BCUT2D eigenvalue weighted by Crippen LogP contribution is 2.26.